The second-order valence-corrected chi connectivity index (χ2v) is 7.04. The average molecular weight is 385 g/mol. The summed E-state index contributed by atoms with van der Waals surface area (Å²) in [5, 5.41) is 24.0. The molecule has 1 heterocycles. The average Bonchev–Trinajstić information content (AvgIpc) is 3.10. The van der Waals surface area contributed by atoms with Gasteiger partial charge in [0.05, 0.1) is 22.6 Å². The van der Waals surface area contributed by atoms with Gasteiger partial charge in [-0.15, -0.1) is 5.10 Å². The van der Waals surface area contributed by atoms with Gasteiger partial charge in [0.15, 0.2) is 0 Å². The van der Waals surface area contributed by atoms with Gasteiger partial charge in [-0.05, 0) is 59.8 Å². The Morgan fingerprint density at radius 1 is 1.31 bits per heavy atom. The number of carbonyl (C=O) groups is 1. The van der Waals surface area contributed by atoms with Crippen LogP contribution >= 0.6 is 23.4 Å². The van der Waals surface area contributed by atoms with Crippen molar-refractivity contribution in [2.24, 2.45) is 0 Å². The SMILES string of the molecule is C[C@H](Sc1nnnn1-c1ccc(Cl)cc1)C(=O)Nc1cccc(C#N)c1. The predicted molar refractivity (Wildman–Crippen MR) is 99.3 cm³/mol. The zero-order valence-electron chi connectivity index (χ0n) is 13.6. The number of anilines is 1. The first-order valence-corrected chi connectivity index (χ1v) is 8.84. The lowest BCUT2D eigenvalue weighted by Crippen LogP contribution is -2.23. The van der Waals surface area contributed by atoms with Crippen molar-refractivity contribution >= 4 is 35.0 Å². The van der Waals surface area contributed by atoms with Crippen LogP contribution in [0.15, 0.2) is 53.7 Å². The number of carbonyl (C=O) groups excluding carboxylic acids is 1. The Kier molecular flexibility index (Phi) is 5.51. The minimum absolute atomic E-state index is 0.212. The van der Waals surface area contributed by atoms with Gasteiger partial charge in [0, 0.05) is 10.7 Å². The van der Waals surface area contributed by atoms with Crippen LogP contribution in [-0.4, -0.2) is 31.4 Å². The van der Waals surface area contributed by atoms with Crippen LogP contribution in [0.25, 0.3) is 5.69 Å². The standard InChI is InChI=1S/C17H13ClN6OS/c1-11(16(25)20-14-4-2-3-12(9-14)10-19)26-17-21-22-23-24(17)15-7-5-13(18)6-8-15/h2-9,11H,1H3,(H,20,25)/t11-/m0/s1. The van der Waals surface area contributed by atoms with Gasteiger partial charge in [0.1, 0.15) is 0 Å². The van der Waals surface area contributed by atoms with Crippen molar-refractivity contribution in [2.45, 2.75) is 17.3 Å². The molecule has 3 aromatic rings. The Morgan fingerprint density at radius 2 is 2.08 bits per heavy atom. The number of hydrogen-bond donors (Lipinski definition) is 1. The van der Waals surface area contributed by atoms with E-state index in [2.05, 4.69) is 20.8 Å². The van der Waals surface area contributed by atoms with E-state index in [-0.39, 0.29) is 5.91 Å². The van der Waals surface area contributed by atoms with E-state index in [0.717, 1.165) is 5.69 Å². The van der Waals surface area contributed by atoms with Crippen LogP contribution in [0.1, 0.15) is 12.5 Å². The van der Waals surface area contributed by atoms with E-state index in [1.165, 1.54) is 11.8 Å². The fourth-order valence-electron chi connectivity index (χ4n) is 2.12. The van der Waals surface area contributed by atoms with E-state index in [1.807, 2.05) is 6.07 Å². The van der Waals surface area contributed by atoms with Gasteiger partial charge in [0.25, 0.3) is 0 Å². The fourth-order valence-corrected chi connectivity index (χ4v) is 3.05. The highest BCUT2D eigenvalue weighted by atomic mass is 35.5. The lowest BCUT2D eigenvalue weighted by atomic mass is 10.2. The lowest BCUT2D eigenvalue weighted by Gasteiger charge is -2.12. The molecule has 1 aromatic heterocycles. The molecule has 0 aliphatic heterocycles. The molecule has 1 amide bonds. The summed E-state index contributed by atoms with van der Waals surface area (Å²) in [6, 6.07) is 15.8. The Bertz CT molecular complexity index is 966. The van der Waals surface area contributed by atoms with Gasteiger partial charge in [-0.25, -0.2) is 0 Å². The summed E-state index contributed by atoms with van der Waals surface area (Å²) < 4.78 is 1.54. The topological polar surface area (TPSA) is 96.5 Å². The maximum atomic E-state index is 12.4. The largest absolute Gasteiger partial charge is 0.325 e. The van der Waals surface area contributed by atoms with E-state index in [9.17, 15) is 4.79 Å². The van der Waals surface area contributed by atoms with Crippen LogP contribution in [0.2, 0.25) is 5.02 Å². The number of nitrogens with one attached hydrogen (secondary N) is 1. The zero-order chi connectivity index (χ0) is 18.5. The number of thioether (sulfide) groups is 1. The molecule has 0 bridgehead atoms. The number of nitriles is 1. The number of benzene rings is 2. The second-order valence-electron chi connectivity index (χ2n) is 5.29. The number of tetrazole rings is 1. The molecule has 0 radical (unpaired) electrons. The molecule has 1 N–H and O–H groups in total. The smallest absolute Gasteiger partial charge is 0.237 e. The first-order valence-electron chi connectivity index (χ1n) is 7.59. The summed E-state index contributed by atoms with van der Waals surface area (Å²) in [5.74, 6) is -0.212. The number of rotatable bonds is 5. The highest BCUT2D eigenvalue weighted by molar-refractivity contribution is 8.00. The Labute approximate surface area is 159 Å². The molecule has 0 aliphatic carbocycles. The van der Waals surface area contributed by atoms with Crippen molar-refractivity contribution in [3.63, 3.8) is 0 Å². The maximum absolute atomic E-state index is 12.4. The van der Waals surface area contributed by atoms with E-state index in [0.29, 0.717) is 21.4 Å². The molecule has 1 atom stereocenters. The normalized spacial score (nSPS) is 11.6. The first kappa shape index (κ1) is 17.9. The molecule has 9 heteroatoms. The van der Waals surface area contributed by atoms with Crippen molar-refractivity contribution in [1.82, 2.24) is 20.2 Å². The van der Waals surface area contributed by atoms with E-state index >= 15 is 0 Å². The van der Waals surface area contributed by atoms with Gasteiger partial charge in [-0.2, -0.15) is 9.94 Å². The van der Waals surface area contributed by atoms with E-state index < -0.39 is 5.25 Å². The lowest BCUT2D eigenvalue weighted by molar-refractivity contribution is -0.115. The van der Waals surface area contributed by atoms with E-state index in [4.69, 9.17) is 16.9 Å². The highest BCUT2D eigenvalue weighted by Gasteiger charge is 2.19. The van der Waals surface area contributed by atoms with Gasteiger partial charge in [0.2, 0.25) is 11.1 Å². The van der Waals surface area contributed by atoms with Crippen molar-refractivity contribution < 1.29 is 4.79 Å². The van der Waals surface area contributed by atoms with Gasteiger partial charge in [-0.1, -0.05) is 29.4 Å². The number of hydrogen-bond acceptors (Lipinski definition) is 6. The molecule has 0 aliphatic rings. The van der Waals surface area contributed by atoms with Crippen molar-refractivity contribution in [2.75, 3.05) is 5.32 Å². The third-order valence-corrected chi connectivity index (χ3v) is 4.71. The van der Waals surface area contributed by atoms with Crippen LogP contribution < -0.4 is 5.32 Å². The quantitative estimate of drug-likeness (QED) is 0.678. The van der Waals surface area contributed by atoms with Crippen LogP contribution in [0.5, 0.6) is 0 Å². The second kappa shape index (κ2) is 7.99. The molecule has 0 unspecified atom stereocenters. The number of amides is 1. The van der Waals surface area contributed by atoms with Crippen molar-refractivity contribution in [3.05, 3.63) is 59.1 Å². The van der Waals surface area contributed by atoms with Crippen molar-refractivity contribution in [1.29, 1.82) is 5.26 Å². The zero-order valence-corrected chi connectivity index (χ0v) is 15.2. The maximum Gasteiger partial charge on any atom is 0.237 e. The summed E-state index contributed by atoms with van der Waals surface area (Å²) >= 11 is 7.13. The summed E-state index contributed by atoms with van der Waals surface area (Å²) in [5.41, 5.74) is 1.80. The third kappa shape index (κ3) is 4.20. The molecular formula is C17H13ClN6OS. The molecule has 0 saturated heterocycles. The minimum atomic E-state index is -0.446. The number of aromatic nitrogens is 4. The molecular weight excluding hydrogens is 372 g/mol. The third-order valence-electron chi connectivity index (χ3n) is 3.42. The van der Waals surface area contributed by atoms with Crippen LogP contribution in [-0.2, 0) is 4.79 Å². The van der Waals surface area contributed by atoms with Crippen LogP contribution in [0.3, 0.4) is 0 Å². The molecule has 3 rings (SSSR count). The summed E-state index contributed by atoms with van der Waals surface area (Å²) in [7, 11) is 0. The number of halogens is 1. The summed E-state index contributed by atoms with van der Waals surface area (Å²) in [6.07, 6.45) is 0. The molecule has 7 nitrogen and oxygen atoms in total. The highest BCUT2D eigenvalue weighted by Crippen LogP contribution is 2.24. The van der Waals surface area contributed by atoms with Crippen LogP contribution in [0, 0.1) is 11.3 Å². The van der Waals surface area contributed by atoms with Crippen molar-refractivity contribution in [3.8, 4) is 11.8 Å². The van der Waals surface area contributed by atoms with Crippen LogP contribution in [0.4, 0.5) is 5.69 Å². The molecule has 2 aromatic carbocycles. The minimum Gasteiger partial charge on any atom is -0.325 e. The Morgan fingerprint density at radius 3 is 2.81 bits per heavy atom. The molecule has 26 heavy (non-hydrogen) atoms. The monoisotopic (exact) mass is 384 g/mol. The first-order chi connectivity index (χ1) is 12.6. The van der Waals surface area contributed by atoms with Gasteiger partial charge < -0.3 is 5.32 Å². The Balaban J connectivity index is 1.71. The molecule has 0 spiro atoms. The Hall–Kier alpha value is -2.89. The summed E-state index contributed by atoms with van der Waals surface area (Å²) in [4.78, 5) is 12.4. The number of nitrogens with zero attached hydrogens (tertiary/aromatic N) is 5. The van der Waals surface area contributed by atoms with Gasteiger partial charge in [-0.3, -0.25) is 4.79 Å². The molecule has 0 fully saturated rings. The molecule has 130 valence electrons. The van der Waals surface area contributed by atoms with E-state index in [1.54, 1.807) is 60.1 Å². The van der Waals surface area contributed by atoms with Gasteiger partial charge >= 0.3 is 0 Å². The summed E-state index contributed by atoms with van der Waals surface area (Å²) in [6.45, 7) is 1.76. The molecule has 0 saturated carbocycles. The fraction of sp³-hybridized carbons (Fsp3) is 0.118. The predicted octanol–water partition coefficient (Wildman–Crippen LogP) is 3.31.